The maximum Gasteiger partial charge on any atom is 0.249 e. The molecule has 1 amide bonds. The molecule has 7 heteroatoms. The summed E-state index contributed by atoms with van der Waals surface area (Å²) in [4.78, 5) is 16.4. The first-order chi connectivity index (χ1) is 12.5. The molecule has 0 radical (unpaired) electrons. The molecule has 0 bridgehead atoms. The topological polar surface area (TPSA) is 72.4 Å². The number of aryl methyl sites for hydroxylation is 1. The summed E-state index contributed by atoms with van der Waals surface area (Å²) in [7, 11) is 1.74. The van der Waals surface area contributed by atoms with E-state index in [1.807, 2.05) is 6.92 Å². The molecule has 0 aliphatic rings. The third kappa shape index (κ3) is 3.72. The lowest BCUT2D eigenvalue weighted by Crippen LogP contribution is -2.28. The Bertz CT molecular complexity index is 973. The summed E-state index contributed by atoms with van der Waals surface area (Å²) in [6.07, 6.45) is 3.12. The summed E-state index contributed by atoms with van der Waals surface area (Å²) in [5.74, 6) is 0.0561. The summed E-state index contributed by atoms with van der Waals surface area (Å²) >= 11 is 0. The Morgan fingerprint density at radius 3 is 3.04 bits per heavy atom. The number of aromatic nitrogens is 2. The number of hydrogen-bond donors (Lipinski definition) is 1. The van der Waals surface area contributed by atoms with Crippen molar-refractivity contribution in [3.63, 3.8) is 0 Å². The van der Waals surface area contributed by atoms with Crippen LogP contribution in [0.4, 0.5) is 4.39 Å². The summed E-state index contributed by atoms with van der Waals surface area (Å²) < 4.78 is 20.2. The highest BCUT2D eigenvalue weighted by Crippen LogP contribution is 2.18. The van der Waals surface area contributed by atoms with E-state index in [-0.39, 0.29) is 24.3 Å². The lowest BCUT2D eigenvalue weighted by Gasteiger charge is -2.11. The predicted octanol–water partition coefficient (Wildman–Crippen LogP) is 3.16. The number of aliphatic imine (C=N–C) groups is 1. The zero-order chi connectivity index (χ0) is 18.7. The number of fused-ring (bicyclic) bond motifs is 1. The van der Waals surface area contributed by atoms with Gasteiger partial charge in [0.25, 0.3) is 0 Å². The SMILES string of the molecule is C=C(CN=Cc1nn(C)c2cc(F)ccc12)C(=O)NC(C)c1ccco1. The average Bonchev–Trinajstić information content (AvgIpc) is 3.24. The van der Waals surface area contributed by atoms with Crippen LogP contribution in [0.3, 0.4) is 0 Å². The second-order valence-corrected chi connectivity index (χ2v) is 5.95. The van der Waals surface area contributed by atoms with Crippen LogP contribution in [0.15, 0.2) is 58.2 Å². The van der Waals surface area contributed by atoms with Gasteiger partial charge in [0, 0.05) is 24.2 Å². The molecule has 0 aliphatic carbocycles. The first kappa shape index (κ1) is 17.6. The van der Waals surface area contributed by atoms with Gasteiger partial charge < -0.3 is 9.73 Å². The van der Waals surface area contributed by atoms with Crippen LogP contribution in [-0.4, -0.2) is 28.4 Å². The molecule has 1 aromatic carbocycles. The molecule has 0 fully saturated rings. The molecule has 2 heterocycles. The second kappa shape index (κ2) is 7.35. The van der Waals surface area contributed by atoms with E-state index in [9.17, 15) is 9.18 Å². The van der Waals surface area contributed by atoms with Crippen LogP contribution >= 0.6 is 0 Å². The minimum atomic E-state index is -0.320. The van der Waals surface area contributed by atoms with Crippen molar-refractivity contribution >= 4 is 23.0 Å². The van der Waals surface area contributed by atoms with Crippen molar-refractivity contribution in [3.05, 3.63) is 66.0 Å². The van der Waals surface area contributed by atoms with Gasteiger partial charge in [0.15, 0.2) is 0 Å². The largest absolute Gasteiger partial charge is 0.467 e. The third-order valence-corrected chi connectivity index (χ3v) is 3.98. The molecule has 134 valence electrons. The normalized spacial score (nSPS) is 12.6. The third-order valence-electron chi connectivity index (χ3n) is 3.98. The highest BCUT2D eigenvalue weighted by molar-refractivity contribution is 5.98. The number of halogens is 1. The molecule has 0 spiro atoms. The number of amides is 1. The Labute approximate surface area is 150 Å². The minimum Gasteiger partial charge on any atom is -0.467 e. The summed E-state index contributed by atoms with van der Waals surface area (Å²) in [6.45, 7) is 5.73. The monoisotopic (exact) mass is 354 g/mol. The lowest BCUT2D eigenvalue weighted by atomic mass is 10.2. The van der Waals surface area contributed by atoms with Crippen LogP contribution in [0.25, 0.3) is 10.9 Å². The zero-order valence-corrected chi connectivity index (χ0v) is 14.6. The number of benzene rings is 1. The van der Waals surface area contributed by atoms with Gasteiger partial charge in [0.05, 0.1) is 24.4 Å². The van der Waals surface area contributed by atoms with Crippen molar-refractivity contribution in [2.24, 2.45) is 12.0 Å². The van der Waals surface area contributed by atoms with Gasteiger partial charge in [-0.3, -0.25) is 14.5 Å². The quantitative estimate of drug-likeness (QED) is 0.546. The van der Waals surface area contributed by atoms with Gasteiger partial charge in [0.1, 0.15) is 17.3 Å². The van der Waals surface area contributed by atoms with Crippen LogP contribution in [-0.2, 0) is 11.8 Å². The molecular weight excluding hydrogens is 335 g/mol. The lowest BCUT2D eigenvalue weighted by molar-refractivity contribution is -0.118. The first-order valence-corrected chi connectivity index (χ1v) is 8.10. The molecule has 2 aromatic heterocycles. The fourth-order valence-corrected chi connectivity index (χ4v) is 2.58. The van der Waals surface area contributed by atoms with E-state index in [1.54, 1.807) is 42.4 Å². The maximum atomic E-state index is 13.3. The van der Waals surface area contributed by atoms with Gasteiger partial charge in [-0.2, -0.15) is 5.10 Å². The summed E-state index contributed by atoms with van der Waals surface area (Å²) in [6, 6.07) is 7.76. The Balaban J connectivity index is 1.63. The van der Waals surface area contributed by atoms with Gasteiger partial charge in [-0.15, -0.1) is 0 Å². The molecule has 1 atom stereocenters. The van der Waals surface area contributed by atoms with E-state index in [0.717, 1.165) is 5.39 Å². The fourth-order valence-electron chi connectivity index (χ4n) is 2.58. The Morgan fingerprint density at radius 1 is 1.50 bits per heavy atom. The number of hydrogen-bond acceptors (Lipinski definition) is 4. The average molecular weight is 354 g/mol. The number of nitrogens with one attached hydrogen (secondary N) is 1. The van der Waals surface area contributed by atoms with Crippen molar-refractivity contribution in [1.29, 1.82) is 0 Å². The number of carbonyl (C=O) groups excluding carboxylic acids is 1. The second-order valence-electron chi connectivity index (χ2n) is 5.95. The van der Waals surface area contributed by atoms with Gasteiger partial charge in [0.2, 0.25) is 5.91 Å². The molecule has 0 aliphatic heterocycles. The standard InChI is InChI=1S/C19H19FN4O2/c1-12(19(25)22-13(2)18-5-4-8-26-18)10-21-11-16-15-7-6-14(20)9-17(15)24(3)23-16/h4-9,11,13H,1,10H2,2-3H3,(H,22,25). The van der Waals surface area contributed by atoms with E-state index in [4.69, 9.17) is 4.42 Å². The molecule has 3 rings (SSSR count). The molecule has 1 N–H and O–H groups in total. The Morgan fingerprint density at radius 2 is 2.31 bits per heavy atom. The van der Waals surface area contributed by atoms with E-state index in [1.165, 1.54) is 12.1 Å². The van der Waals surface area contributed by atoms with Gasteiger partial charge >= 0.3 is 0 Å². The van der Waals surface area contributed by atoms with Gasteiger partial charge in [-0.05, 0) is 37.3 Å². The van der Waals surface area contributed by atoms with Gasteiger partial charge in [-0.1, -0.05) is 6.58 Å². The molecular formula is C19H19FN4O2. The van der Waals surface area contributed by atoms with Crippen molar-refractivity contribution in [2.75, 3.05) is 6.54 Å². The van der Waals surface area contributed by atoms with Crippen LogP contribution < -0.4 is 5.32 Å². The van der Waals surface area contributed by atoms with Crippen LogP contribution in [0.5, 0.6) is 0 Å². The van der Waals surface area contributed by atoms with E-state index in [2.05, 4.69) is 22.0 Å². The Kier molecular flexibility index (Phi) is 4.97. The summed E-state index contributed by atoms with van der Waals surface area (Å²) in [5, 5.41) is 7.91. The minimum absolute atomic E-state index is 0.135. The smallest absolute Gasteiger partial charge is 0.249 e. The van der Waals surface area contributed by atoms with Crippen molar-refractivity contribution in [2.45, 2.75) is 13.0 Å². The van der Waals surface area contributed by atoms with Crippen LogP contribution in [0.2, 0.25) is 0 Å². The van der Waals surface area contributed by atoms with Crippen LogP contribution in [0.1, 0.15) is 24.4 Å². The number of furan rings is 1. The van der Waals surface area contributed by atoms with E-state index < -0.39 is 0 Å². The molecule has 1 unspecified atom stereocenters. The molecule has 3 aromatic rings. The predicted molar refractivity (Wildman–Crippen MR) is 97.5 cm³/mol. The summed E-state index contributed by atoms with van der Waals surface area (Å²) in [5.41, 5.74) is 1.61. The molecule has 6 nitrogen and oxygen atoms in total. The van der Waals surface area contributed by atoms with Crippen molar-refractivity contribution in [1.82, 2.24) is 15.1 Å². The van der Waals surface area contributed by atoms with Crippen molar-refractivity contribution < 1.29 is 13.6 Å². The number of nitrogens with zero attached hydrogens (tertiary/aromatic N) is 3. The highest BCUT2D eigenvalue weighted by Gasteiger charge is 2.14. The van der Waals surface area contributed by atoms with Gasteiger partial charge in [-0.25, -0.2) is 4.39 Å². The van der Waals surface area contributed by atoms with Crippen LogP contribution in [0, 0.1) is 5.82 Å². The Hall–Kier alpha value is -3.22. The fraction of sp³-hybridized carbons (Fsp3) is 0.211. The first-order valence-electron chi connectivity index (χ1n) is 8.10. The molecule has 26 heavy (non-hydrogen) atoms. The van der Waals surface area contributed by atoms with E-state index >= 15 is 0 Å². The van der Waals surface area contributed by atoms with E-state index in [0.29, 0.717) is 22.5 Å². The number of rotatable bonds is 6. The molecule has 0 saturated heterocycles. The highest BCUT2D eigenvalue weighted by atomic mass is 19.1. The zero-order valence-electron chi connectivity index (χ0n) is 14.6. The van der Waals surface area contributed by atoms with Crippen molar-refractivity contribution in [3.8, 4) is 0 Å². The number of carbonyl (C=O) groups is 1. The maximum absolute atomic E-state index is 13.3. The molecule has 0 saturated carbocycles.